The van der Waals surface area contributed by atoms with Crippen LogP contribution in [0, 0.1) is 13.0 Å². The Balaban J connectivity index is 2.24. The predicted molar refractivity (Wildman–Crippen MR) is 78.1 cm³/mol. The van der Waals surface area contributed by atoms with Gasteiger partial charge in [0.15, 0.2) is 0 Å². The van der Waals surface area contributed by atoms with Crippen molar-refractivity contribution >= 4 is 51.2 Å². The topological polar surface area (TPSA) is 72.2 Å². The molecule has 0 aliphatic heterocycles. The van der Waals surface area contributed by atoms with Crippen LogP contribution in [0.5, 0.6) is 0 Å². The smallest absolute Gasteiger partial charge is 0.292 e. The Morgan fingerprint density at radius 1 is 1.39 bits per heavy atom. The average molecular weight is 374 g/mol. The molecule has 0 atom stereocenters. The summed E-state index contributed by atoms with van der Waals surface area (Å²) in [7, 11) is 0. The lowest BCUT2D eigenvalue weighted by Gasteiger charge is -2.04. The van der Waals surface area contributed by atoms with Crippen LogP contribution in [0.3, 0.4) is 0 Å². The van der Waals surface area contributed by atoms with Crippen molar-refractivity contribution in [3.63, 3.8) is 0 Å². The quantitative estimate of drug-likeness (QED) is 0.508. The van der Waals surface area contributed by atoms with Gasteiger partial charge in [-0.1, -0.05) is 12.1 Å². The highest BCUT2D eigenvalue weighted by Gasteiger charge is 2.16. The van der Waals surface area contributed by atoms with Gasteiger partial charge in [-0.25, -0.2) is 0 Å². The molecule has 5 nitrogen and oxygen atoms in total. The number of rotatable bonds is 3. The number of anilines is 1. The number of benzene rings is 1. The minimum atomic E-state index is -0.521. The molecule has 1 aromatic carbocycles. The van der Waals surface area contributed by atoms with E-state index in [4.69, 9.17) is 0 Å². The summed E-state index contributed by atoms with van der Waals surface area (Å²) in [6.45, 7) is 0. The maximum Gasteiger partial charge on any atom is 0.292 e. The van der Waals surface area contributed by atoms with Crippen molar-refractivity contribution < 1.29 is 9.72 Å². The molecule has 18 heavy (non-hydrogen) atoms. The van der Waals surface area contributed by atoms with Crippen LogP contribution >= 0.6 is 33.9 Å². The van der Waals surface area contributed by atoms with Gasteiger partial charge in [0, 0.05) is 11.4 Å². The number of hydrogen-bond acceptors (Lipinski definition) is 4. The van der Waals surface area contributed by atoms with E-state index in [2.05, 4.69) is 27.9 Å². The highest BCUT2D eigenvalue weighted by molar-refractivity contribution is 14.1. The molecule has 92 valence electrons. The largest absolute Gasteiger partial charge is 0.316 e. The SMILES string of the molecule is O=C(Nc1ccccc1[N+](=O)[O-])c1csc(I)c1. The summed E-state index contributed by atoms with van der Waals surface area (Å²) in [5, 5.41) is 15.1. The van der Waals surface area contributed by atoms with Crippen LogP contribution in [0.2, 0.25) is 0 Å². The second-order valence-electron chi connectivity index (χ2n) is 3.37. The van der Waals surface area contributed by atoms with Crippen molar-refractivity contribution in [3.05, 3.63) is 54.3 Å². The van der Waals surface area contributed by atoms with Crippen molar-refractivity contribution in [2.24, 2.45) is 0 Å². The molecule has 0 fully saturated rings. The maximum atomic E-state index is 11.9. The van der Waals surface area contributed by atoms with Crippen molar-refractivity contribution in [1.82, 2.24) is 0 Å². The highest BCUT2D eigenvalue weighted by atomic mass is 127. The van der Waals surface area contributed by atoms with E-state index in [0.717, 1.165) is 2.88 Å². The summed E-state index contributed by atoms with van der Waals surface area (Å²) in [5.74, 6) is -0.344. The fourth-order valence-corrected chi connectivity index (χ4v) is 2.69. The molecular weight excluding hydrogens is 367 g/mol. The van der Waals surface area contributed by atoms with E-state index >= 15 is 0 Å². The van der Waals surface area contributed by atoms with Gasteiger partial charge >= 0.3 is 0 Å². The molecule has 7 heteroatoms. The van der Waals surface area contributed by atoms with E-state index in [1.807, 2.05) is 0 Å². The van der Waals surface area contributed by atoms with Gasteiger partial charge in [-0.05, 0) is 34.7 Å². The molecule has 0 saturated carbocycles. The molecule has 0 aliphatic carbocycles. The van der Waals surface area contributed by atoms with Gasteiger partial charge in [-0.15, -0.1) is 11.3 Å². The molecule has 1 N–H and O–H groups in total. The number of halogens is 1. The summed E-state index contributed by atoms with van der Waals surface area (Å²) in [6.07, 6.45) is 0. The number of carbonyl (C=O) groups is 1. The lowest BCUT2D eigenvalue weighted by Crippen LogP contribution is -2.12. The van der Waals surface area contributed by atoms with E-state index < -0.39 is 4.92 Å². The summed E-state index contributed by atoms with van der Waals surface area (Å²) in [6, 6.07) is 7.79. The number of hydrogen-bond donors (Lipinski definition) is 1. The molecule has 0 saturated heterocycles. The number of nitro groups is 1. The van der Waals surface area contributed by atoms with E-state index in [1.165, 1.54) is 23.5 Å². The first-order valence-electron chi connectivity index (χ1n) is 4.87. The molecule has 0 bridgehead atoms. The molecule has 0 radical (unpaired) electrons. The third kappa shape index (κ3) is 2.85. The zero-order valence-corrected chi connectivity index (χ0v) is 11.9. The summed E-state index contributed by atoms with van der Waals surface area (Å²) in [5.41, 5.74) is 0.590. The molecule has 0 aliphatic rings. The van der Waals surface area contributed by atoms with Crippen LogP contribution in [-0.4, -0.2) is 10.8 Å². The van der Waals surface area contributed by atoms with Gasteiger partial charge in [0.1, 0.15) is 5.69 Å². The van der Waals surface area contributed by atoms with Crippen LogP contribution in [0.4, 0.5) is 11.4 Å². The van der Waals surface area contributed by atoms with Gasteiger partial charge < -0.3 is 5.32 Å². The summed E-state index contributed by atoms with van der Waals surface area (Å²) in [4.78, 5) is 22.1. The molecule has 0 unspecified atom stereocenters. The standard InChI is InChI=1S/C11H7IN2O3S/c12-10-5-7(6-18-10)11(15)13-8-3-1-2-4-9(8)14(16)17/h1-6H,(H,13,15). The summed E-state index contributed by atoms with van der Waals surface area (Å²) < 4.78 is 0.986. The average Bonchev–Trinajstić information content (AvgIpc) is 2.76. The Labute approximate surface area is 120 Å². The van der Waals surface area contributed by atoms with Crippen LogP contribution in [0.1, 0.15) is 10.4 Å². The minimum Gasteiger partial charge on any atom is -0.316 e. The fourth-order valence-electron chi connectivity index (χ4n) is 1.36. The Bertz CT molecular complexity index is 612. The van der Waals surface area contributed by atoms with E-state index in [9.17, 15) is 14.9 Å². The summed E-state index contributed by atoms with van der Waals surface area (Å²) >= 11 is 3.56. The zero-order chi connectivity index (χ0) is 13.1. The zero-order valence-electron chi connectivity index (χ0n) is 8.92. The normalized spacial score (nSPS) is 10.1. The van der Waals surface area contributed by atoms with Gasteiger partial charge in [-0.2, -0.15) is 0 Å². The monoisotopic (exact) mass is 374 g/mol. The molecule has 2 rings (SSSR count). The third-order valence-electron chi connectivity index (χ3n) is 2.18. The van der Waals surface area contributed by atoms with Crippen molar-refractivity contribution in [3.8, 4) is 0 Å². The Kier molecular flexibility index (Phi) is 3.92. The highest BCUT2D eigenvalue weighted by Crippen LogP contribution is 2.24. The lowest BCUT2D eigenvalue weighted by molar-refractivity contribution is -0.383. The van der Waals surface area contributed by atoms with E-state index in [-0.39, 0.29) is 17.3 Å². The van der Waals surface area contributed by atoms with Crippen molar-refractivity contribution in [2.45, 2.75) is 0 Å². The van der Waals surface area contributed by atoms with Gasteiger partial charge in [-0.3, -0.25) is 14.9 Å². The van der Waals surface area contributed by atoms with Gasteiger partial charge in [0.25, 0.3) is 11.6 Å². The van der Waals surface area contributed by atoms with Crippen LogP contribution in [0.15, 0.2) is 35.7 Å². The first-order chi connectivity index (χ1) is 8.58. The molecular formula is C11H7IN2O3S. The number of nitrogens with one attached hydrogen (secondary N) is 1. The van der Waals surface area contributed by atoms with Crippen LogP contribution in [-0.2, 0) is 0 Å². The van der Waals surface area contributed by atoms with Crippen LogP contribution in [0.25, 0.3) is 0 Å². The molecule has 2 aromatic rings. The first-order valence-corrected chi connectivity index (χ1v) is 6.82. The van der Waals surface area contributed by atoms with Gasteiger partial charge in [0.2, 0.25) is 0 Å². The van der Waals surface area contributed by atoms with Gasteiger partial charge in [0.05, 0.1) is 13.4 Å². The minimum absolute atomic E-state index is 0.115. The number of thiophene rings is 1. The number of carbonyl (C=O) groups excluding carboxylic acids is 1. The maximum absolute atomic E-state index is 11.9. The van der Waals surface area contributed by atoms with E-state index in [1.54, 1.807) is 23.6 Å². The number of amides is 1. The first kappa shape index (κ1) is 13.0. The molecule has 1 aromatic heterocycles. The van der Waals surface area contributed by atoms with Crippen molar-refractivity contribution in [1.29, 1.82) is 0 Å². The molecule has 1 heterocycles. The second-order valence-corrected chi connectivity index (χ2v) is 6.17. The Hall–Kier alpha value is -1.48. The van der Waals surface area contributed by atoms with Crippen molar-refractivity contribution in [2.75, 3.05) is 5.32 Å². The molecule has 0 spiro atoms. The Morgan fingerprint density at radius 3 is 2.72 bits per heavy atom. The third-order valence-corrected chi connectivity index (χ3v) is 3.97. The fraction of sp³-hybridized carbons (Fsp3) is 0. The van der Waals surface area contributed by atoms with E-state index in [0.29, 0.717) is 5.56 Å². The predicted octanol–water partition coefficient (Wildman–Crippen LogP) is 3.51. The Morgan fingerprint density at radius 2 is 2.11 bits per heavy atom. The number of nitrogens with zero attached hydrogens (tertiary/aromatic N) is 1. The lowest BCUT2D eigenvalue weighted by atomic mass is 10.2. The second kappa shape index (κ2) is 5.44. The van der Waals surface area contributed by atoms with Crippen LogP contribution < -0.4 is 5.32 Å². The number of para-hydroxylation sites is 2. The molecule has 1 amide bonds. The number of nitro benzene ring substituents is 1.